The molecule has 37 heavy (non-hydrogen) atoms. The van der Waals surface area contributed by atoms with Crippen molar-refractivity contribution < 1.29 is 19.1 Å². The SMILES string of the molecule is CCC1(CCc2nc(-c3cccc(OCC(O)CNC)c3)nc(-c3c(C)noc3C)c2C)CCOCC1. The normalized spacial score (nSPS) is 16.1. The van der Waals surface area contributed by atoms with E-state index in [0.717, 1.165) is 84.9 Å². The average Bonchev–Trinajstić information content (AvgIpc) is 3.25. The summed E-state index contributed by atoms with van der Waals surface area (Å²) in [5.74, 6) is 2.07. The summed E-state index contributed by atoms with van der Waals surface area (Å²) in [6, 6.07) is 7.75. The minimum Gasteiger partial charge on any atom is -0.491 e. The molecule has 1 saturated heterocycles. The van der Waals surface area contributed by atoms with Crippen LogP contribution in [0.4, 0.5) is 0 Å². The summed E-state index contributed by atoms with van der Waals surface area (Å²) in [6.07, 6.45) is 4.68. The minimum atomic E-state index is -0.585. The summed E-state index contributed by atoms with van der Waals surface area (Å²) in [6.45, 7) is 10.6. The van der Waals surface area contributed by atoms with E-state index in [-0.39, 0.29) is 6.61 Å². The second kappa shape index (κ2) is 12.2. The van der Waals surface area contributed by atoms with Crippen molar-refractivity contribution in [2.75, 3.05) is 33.4 Å². The van der Waals surface area contributed by atoms with Gasteiger partial charge < -0.3 is 24.4 Å². The maximum atomic E-state index is 10.0. The lowest BCUT2D eigenvalue weighted by Gasteiger charge is -2.36. The molecule has 1 aliphatic heterocycles. The number of benzene rings is 1. The monoisotopic (exact) mass is 508 g/mol. The van der Waals surface area contributed by atoms with Crippen molar-refractivity contribution in [1.82, 2.24) is 20.4 Å². The van der Waals surface area contributed by atoms with Crippen LogP contribution in [-0.2, 0) is 11.2 Å². The molecule has 8 heteroatoms. The van der Waals surface area contributed by atoms with Crippen LogP contribution in [0.15, 0.2) is 28.8 Å². The molecule has 0 saturated carbocycles. The highest BCUT2D eigenvalue weighted by Gasteiger charge is 2.31. The van der Waals surface area contributed by atoms with Crippen LogP contribution in [0.25, 0.3) is 22.6 Å². The number of nitrogens with zero attached hydrogens (tertiary/aromatic N) is 3. The number of aliphatic hydroxyl groups is 1. The third-order valence-electron chi connectivity index (χ3n) is 7.69. The third-order valence-corrected chi connectivity index (χ3v) is 7.69. The van der Waals surface area contributed by atoms with Crippen LogP contribution in [0.1, 0.15) is 55.3 Å². The van der Waals surface area contributed by atoms with Gasteiger partial charge in [-0.1, -0.05) is 30.6 Å². The van der Waals surface area contributed by atoms with Crippen molar-refractivity contribution in [1.29, 1.82) is 0 Å². The van der Waals surface area contributed by atoms with E-state index >= 15 is 0 Å². The van der Waals surface area contributed by atoms with E-state index in [4.69, 9.17) is 24.0 Å². The van der Waals surface area contributed by atoms with Crippen LogP contribution in [0.2, 0.25) is 0 Å². The zero-order valence-electron chi connectivity index (χ0n) is 22.8. The third kappa shape index (κ3) is 6.37. The summed E-state index contributed by atoms with van der Waals surface area (Å²) >= 11 is 0. The molecular formula is C29H40N4O4. The molecule has 8 nitrogen and oxygen atoms in total. The molecule has 2 N–H and O–H groups in total. The Morgan fingerprint density at radius 2 is 1.95 bits per heavy atom. The Balaban J connectivity index is 1.70. The Hall–Kier alpha value is -2.81. The number of hydrogen-bond donors (Lipinski definition) is 2. The Bertz CT molecular complexity index is 1170. The van der Waals surface area contributed by atoms with Crippen molar-refractivity contribution in [2.45, 2.75) is 65.9 Å². The standard InChI is InChI=1S/C29H40N4O4/c1-6-29(12-14-35-15-13-29)11-10-25-19(2)27(26-20(3)33-37-21(26)4)32-28(31-25)22-8-7-9-24(16-22)36-18-23(34)17-30-5/h7-9,16,23,30,34H,6,10-15,17-18H2,1-5H3. The molecule has 0 spiro atoms. The van der Waals surface area contributed by atoms with Gasteiger partial charge in [0.1, 0.15) is 24.2 Å². The first kappa shape index (κ1) is 27.2. The summed E-state index contributed by atoms with van der Waals surface area (Å²) in [5.41, 5.74) is 5.90. The van der Waals surface area contributed by atoms with Crippen molar-refractivity contribution in [3.63, 3.8) is 0 Å². The summed E-state index contributed by atoms with van der Waals surface area (Å²) in [5, 5.41) is 17.2. The first-order valence-electron chi connectivity index (χ1n) is 13.3. The maximum Gasteiger partial charge on any atom is 0.160 e. The van der Waals surface area contributed by atoms with Crippen LogP contribution in [0, 0.1) is 26.2 Å². The van der Waals surface area contributed by atoms with Gasteiger partial charge >= 0.3 is 0 Å². The zero-order chi connectivity index (χ0) is 26.4. The molecule has 2 aromatic heterocycles. The molecule has 1 aromatic carbocycles. The smallest absolute Gasteiger partial charge is 0.160 e. The Morgan fingerprint density at radius 3 is 2.62 bits per heavy atom. The lowest BCUT2D eigenvalue weighted by molar-refractivity contribution is 0.00807. The number of rotatable bonds is 11. The molecule has 1 aliphatic rings. The lowest BCUT2D eigenvalue weighted by Crippen LogP contribution is -2.29. The number of hydrogen-bond acceptors (Lipinski definition) is 8. The summed E-state index contributed by atoms with van der Waals surface area (Å²) in [4.78, 5) is 10.1. The van der Waals surface area contributed by atoms with Crippen molar-refractivity contribution >= 4 is 0 Å². The highest BCUT2D eigenvalue weighted by atomic mass is 16.5. The molecule has 0 radical (unpaired) electrons. The van der Waals surface area contributed by atoms with Crippen molar-refractivity contribution in [3.8, 4) is 28.4 Å². The Labute approximate surface area is 219 Å². The molecule has 0 bridgehead atoms. The quantitative estimate of drug-likeness (QED) is 0.380. The first-order chi connectivity index (χ1) is 17.9. The summed E-state index contributed by atoms with van der Waals surface area (Å²) in [7, 11) is 1.80. The van der Waals surface area contributed by atoms with Gasteiger partial charge in [0.25, 0.3) is 0 Å². The summed E-state index contributed by atoms with van der Waals surface area (Å²) < 4.78 is 17.0. The predicted molar refractivity (Wildman–Crippen MR) is 144 cm³/mol. The van der Waals surface area contributed by atoms with Gasteiger partial charge in [0.15, 0.2) is 5.82 Å². The predicted octanol–water partition coefficient (Wildman–Crippen LogP) is 4.82. The van der Waals surface area contributed by atoms with Gasteiger partial charge in [-0.25, -0.2) is 9.97 Å². The van der Waals surface area contributed by atoms with Crippen LogP contribution < -0.4 is 10.1 Å². The van der Waals surface area contributed by atoms with Crippen LogP contribution in [0.3, 0.4) is 0 Å². The molecule has 1 unspecified atom stereocenters. The van der Waals surface area contributed by atoms with E-state index in [0.29, 0.717) is 23.5 Å². The second-order valence-electron chi connectivity index (χ2n) is 10.2. The maximum absolute atomic E-state index is 10.0. The van der Waals surface area contributed by atoms with Gasteiger partial charge in [0.05, 0.1) is 17.0 Å². The average molecular weight is 509 g/mol. The van der Waals surface area contributed by atoms with E-state index in [1.807, 2.05) is 38.1 Å². The first-order valence-corrected chi connectivity index (χ1v) is 13.3. The minimum absolute atomic E-state index is 0.206. The number of nitrogens with one attached hydrogen (secondary N) is 1. The molecule has 3 aromatic rings. The van der Waals surface area contributed by atoms with Gasteiger partial charge in [-0.05, 0) is 76.6 Å². The Kier molecular flexibility index (Phi) is 8.95. The molecule has 4 rings (SSSR count). The van der Waals surface area contributed by atoms with Crippen LogP contribution in [-0.4, -0.2) is 59.7 Å². The molecule has 200 valence electrons. The number of ether oxygens (including phenoxy) is 2. The van der Waals surface area contributed by atoms with E-state index in [2.05, 4.69) is 24.3 Å². The van der Waals surface area contributed by atoms with Crippen LogP contribution in [0.5, 0.6) is 5.75 Å². The fourth-order valence-electron chi connectivity index (χ4n) is 5.18. The van der Waals surface area contributed by atoms with Gasteiger partial charge in [-0.15, -0.1) is 0 Å². The zero-order valence-corrected chi connectivity index (χ0v) is 22.8. The molecule has 0 amide bonds. The number of aliphatic hydroxyl groups excluding tert-OH is 1. The van der Waals surface area contributed by atoms with Gasteiger partial charge in [-0.3, -0.25) is 0 Å². The van der Waals surface area contributed by atoms with Crippen molar-refractivity contribution in [3.05, 3.63) is 47.0 Å². The highest BCUT2D eigenvalue weighted by Crippen LogP contribution is 2.39. The lowest BCUT2D eigenvalue weighted by atomic mass is 9.74. The highest BCUT2D eigenvalue weighted by molar-refractivity contribution is 5.71. The largest absolute Gasteiger partial charge is 0.491 e. The fraction of sp³-hybridized carbons (Fsp3) is 0.552. The molecule has 1 atom stereocenters. The number of aromatic nitrogens is 3. The number of aryl methyl sites for hydroxylation is 3. The van der Waals surface area contributed by atoms with Crippen molar-refractivity contribution in [2.24, 2.45) is 5.41 Å². The van der Waals surface area contributed by atoms with E-state index in [1.54, 1.807) is 7.05 Å². The van der Waals surface area contributed by atoms with Gasteiger partial charge in [0, 0.05) is 31.0 Å². The fourth-order valence-corrected chi connectivity index (χ4v) is 5.18. The molecule has 1 fully saturated rings. The number of likely N-dealkylation sites (N-methyl/N-ethyl adjacent to an activating group) is 1. The van der Waals surface area contributed by atoms with Gasteiger partial charge in [-0.2, -0.15) is 0 Å². The van der Waals surface area contributed by atoms with E-state index in [9.17, 15) is 5.11 Å². The molecular weight excluding hydrogens is 468 g/mol. The van der Waals surface area contributed by atoms with E-state index in [1.165, 1.54) is 0 Å². The second-order valence-corrected chi connectivity index (χ2v) is 10.2. The van der Waals surface area contributed by atoms with E-state index < -0.39 is 6.10 Å². The topological polar surface area (TPSA) is 103 Å². The molecule has 0 aliphatic carbocycles. The van der Waals surface area contributed by atoms with Crippen LogP contribution >= 0.6 is 0 Å². The Morgan fingerprint density at radius 1 is 1.16 bits per heavy atom. The van der Waals surface area contributed by atoms with Gasteiger partial charge in [0.2, 0.25) is 0 Å². The molecule has 3 heterocycles.